The molecule has 1 rings (SSSR count). The van der Waals surface area contributed by atoms with Gasteiger partial charge in [-0.1, -0.05) is 6.07 Å². The maximum Gasteiger partial charge on any atom is 0.274 e. The summed E-state index contributed by atoms with van der Waals surface area (Å²) >= 11 is 0. The van der Waals surface area contributed by atoms with Crippen molar-refractivity contribution in [2.24, 2.45) is 0 Å². The normalized spacial score (nSPS) is 10.2. The molecule has 0 aliphatic rings. The predicted molar refractivity (Wildman–Crippen MR) is 69.6 cm³/mol. The molecule has 0 aliphatic heterocycles. The lowest BCUT2D eigenvalue weighted by atomic mass is 10.2. The molecule has 6 heteroatoms. The quantitative estimate of drug-likeness (QED) is 0.617. The molecule has 0 saturated carbocycles. The summed E-state index contributed by atoms with van der Waals surface area (Å²) in [6.45, 7) is 5.51. The highest BCUT2D eigenvalue weighted by atomic mass is 16.6. The molecule has 1 aromatic carbocycles. The first kappa shape index (κ1) is 14.0. The molecule has 0 heterocycles. The van der Waals surface area contributed by atoms with Crippen molar-refractivity contribution in [2.45, 2.75) is 26.8 Å². The zero-order chi connectivity index (χ0) is 13.7. The van der Waals surface area contributed by atoms with Crippen LogP contribution in [0.1, 0.15) is 19.4 Å². The lowest BCUT2D eigenvalue weighted by Crippen LogP contribution is -2.34. The van der Waals surface area contributed by atoms with E-state index >= 15 is 0 Å². The molecule has 2 N–H and O–H groups in total. The monoisotopic (exact) mass is 251 g/mol. The number of nitrogens with zero attached hydrogens (tertiary/aromatic N) is 1. The van der Waals surface area contributed by atoms with Crippen molar-refractivity contribution in [3.05, 3.63) is 33.9 Å². The SMILES string of the molecule is Cc1ccc(NCC(=O)NC(C)C)cc1[N+](=O)[O-]. The second-order valence-corrected chi connectivity index (χ2v) is 4.33. The Morgan fingerprint density at radius 3 is 2.67 bits per heavy atom. The molecule has 1 aromatic rings. The summed E-state index contributed by atoms with van der Waals surface area (Å²) in [6.07, 6.45) is 0. The number of hydrogen-bond donors (Lipinski definition) is 2. The summed E-state index contributed by atoms with van der Waals surface area (Å²) in [5.74, 6) is -0.145. The van der Waals surface area contributed by atoms with E-state index in [1.54, 1.807) is 19.1 Å². The number of amides is 1. The molecule has 98 valence electrons. The Balaban J connectivity index is 2.66. The molecule has 1 amide bonds. The van der Waals surface area contributed by atoms with Gasteiger partial charge < -0.3 is 10.6 Å². The van der Waals surface area contributed by atoms with E-state index in [1.807, 2.05) is 13.8 Å². The van der Waals surface area contributed by atoms with E-state index in [1.165, 1.54) is 6.07 Å². The average Bonchev–Trinajstić information content (AvgIpc) is 2.26. The van der Waals surface area contributed by atoms with Gasteiger partial charge >= 0.3 is 0 Å². The third-order valence-electron chi connectivity index (χ3n) is 2.31. The summed E-state index contributed by atoms with van der Waals surface area (Å²) in [7, 11) is 0. The second-order valence-electron chi connectivity index (χ2n) is 4.33. The number of aryl methyl sites for hydroxylation is 1. The molecule has 0 aliphatic carbocycles. The van der Waals surface area contributed by atoms with Gasteiger partial charge in [-0.25, -0.2) is 0 Å². The van der Waals surface area contributed by atoms with Gasteiger partial charge in [-0.2, -0.15) is 0 Å². The van der Waals surface area contributed by atoms with Gasteiger partial charge in [0.1, 0.15) is 0 Å². The van der Waals surface area contributed by atoms with Gasteiger partial charge in [-0.15, -0.1) is 0 Å². The molecule has 0 fully saturated rings. The minimum atomic E-state index is -0.436. The molecule has 0 radical (unpaired) electrons. The van der Waals surface area contributed by atoms with Crippen LogP contribution in [-0.2, 0) is 4.79 Å². The van der Waals surface area contributed by atoms with Crippen molar-refractivity contribution in [3.63, 3.8) is 0 Å². The Morgan fingerprint density at radius 2 is 2.11 bits per heavy atom. The molecule has 0 atom stereocenters. The van der Waals surface area contributed by atoms with Crippen molar-refractivity contribution < 1.29 is 9.72 Å². The van der Waals surface area contributed by atoms with Crippen LogP contribution >= 0.6 is 0 Å². The number of anilines is 1. The first-order chi connectivity index (χ1) is 8.40. The summed E-state index contributed by atoms with van der Waals surface area (Å²) in [5.41, 5.74) is 1.20. The fourth-order valence-corrected chi connectivity index (χ4v) is 1.47. The van der Waals surface area contributed by atoms with Crippen molar-refractivity contribution >= 4 is 17.3 Å². The molecular weight excluding hydrogens is 234 g/mol. The second kappa shape index (κ2) is 6.00. The summed E-state index contributed by atoms with van der Waals surface area (Å²) in [5, 5.41) is 16.3. The molecule has 18 heavy (non-hydrogen) atoms. The van der Waals surface area contributed by atoms with Gasteiger partial charge in [-0.05, 0) is 26.8 Å². The molecule has 0 bridgehead atoms. The molecule has 0 spiro atoms. The maximum atomic E-state index is 11.4. The summed E-state index contributed by atoms with van der Waals surface area (Å²) < 4.78 is 0. The number of nitro groups is 1. The third-order valence-corrected chi connectivity index (χ3v) is 2.31. The number of benzene rings is 1. The van der Waals surface area contributed by atoms with Gasteiger partial charge in [0.05, 0.1) is 11.5 Å². The van der Waals surface area contributed by atoms with E-state index < -0.39 is 4.92 Å². The Morgan fingerprint density at radius 1 is 1.44 bits per heavy atom. The predicted octanol–water partition coefficient (Wildman–Crippen LogP) is 1.84. The lowest BCUT2D eigenvalue weighted by molar-refractivity contribution is -0.385. The number of rotatable bonds is 5. The number of nitro benzene ring substituents is 1. The molecule has 0 unspecified atom stereocenters. The van der Waals surface area contributed by atoms with Gasteiger partial charge in [0.2, 0.25) is 5.91 Å². The van der Waals surface area contributed by atoms with Crippen LogP contribution in [0.25, 0.3) is 0 Å². The number of carbonyl (C=O) groups excluding carboxylic acids is 1. The molecule has 6 nitrogen and oxygen atoms in total. The van der Waals surface area contributed by atoms with Gasteiger partial charge in [0.25, 0.3) is 5.69 Å². The third kappa shape index (κ3) is 4.04. The van der Waals surface area contributed by atoms with Crippen LogP contribution in [0.4, 0.5) is 11.4 Å². The van der Waals surface area contributed by atoms with E-state index in [0.29, 0.717) is 11.3 Å². The van der Waals surface area contributed by atoms with Gasteiger partial charge in [0.15, 0.2) is 0 Å². The fraction of sp³-hybridized carbons (Fsp3) is 0.417. The average molecular weight is 251 g/mol. The van der Waals surface area contributed by atoms with Crippen molar-refractivity contribution in [1.29, 1.82) is 0 Å². The smallest absolute Gasteiger partial charge is 0.274 e. The Kier molecular flexibility index (Phi) is 4.65. The van der Waals surface area contributed by atoms with Crippen LogP contribution in [0.3, 0.4) is 0 Å². The van der Waals surface area contributed by atoms with Crippen LogP contribution in [-0.4, -0.2) is 23.4 Å². The number of hydrogen-bond acceptors (Lipinski definition) is 4. The van der Waals surface area contributed by atoms with Crippen LogP contribution in [0.2, 0.25) is 0 Å². The summed E-state index contributed by atoms with van der Waals surface area (Å²) in [6, 6.07) is 4.87. The van der Waals surface area contributed by atoms with Gasteiger partial charge in [-0.3, -0.25) is 14.9 Å². The van der Waals surface area contributed by atoms with E-state index in [4.69, 9.17) is 0 Å². The van der Waals surface area contributed by atoms with Gasteiger partial charge in [0, 0.05) is 23.4 Å². The highest BCUT2D eigenvalue weighted by molar-refractivity contribution is 5.81. The van der Waals surface area contributed by atoms with E-state index in [9.17, 15) is 14.9 Å². The largest absolute Gasteiger partial charge is 0.376 e. The van der Waals surface area contributed by atoms with Crippen molar-refractivity contribution in [2.75, 3.05) is 11.9 Å². The maximum absolute atomic E-state index is 11.4. The lowest BCUT2D eigenvalue weighted by Gasteiger charge is -2.10. The van der Waals surface area contributed by atoms with E-state index in [0.717, 1.165) is 0 Å². The summed E-state index contributed by atoms with van der Waals surface area (Å²) in [4.78, 5) is 21.7. The zero-order valence-electron chi connectivity index (χ0n) is 10.7. The van der Waals surface area contributed by atoms with E-state index in [2.05, 4.69) is 10.6 Å². The van der Waals surface area contributed by atoms with Crippen LogP contribution in [0, 0.1) is 17.0 Å². The molecular formula is C12H17N3O3. The molecule has 0 aromatic heterocycles. The highest BCUT2D eigenvalue weighted by Crippen LogP contribution is 2.21. The minimum Gasteiger partial charge on any atom is -0.376 e. The molecule has 0 saturated heterocycles. The zero-order valence-corrected chi connectivity index (χ0v) is 10.7. The standard InChI is InChI=1S/C12H17N3O3/c1-8(2)14-12(16)7-13-10-5-4-9(3)11(6-10)15(17)18/h4-6,8,13H,7H2,1-3H3,(H,14,16). The Labute approximate surface area is 106 Å². The number of carbonyl (C=O) groups is 1. The van der Waals surface area contributed by atoms with Crippen LogP contribution in [0.5, 0.6) is 0 Å². The van der Waals surface area contributed by atoms with Crippen LogP contribution < -0.4 is 10.6 Å². The minimum absolute atomic E-state index is 0.0456. The van der Waals surface area contributed by atoms with Crippen molar-refractivity contribution in [3.8, 4) is 0 Å². The number of nitrogens with one attached hydrogen (secondary N) is 2. The first-order valence-electron chi connectivity index (χ1n) is 5.68. The Bertz CT molecular complexity index is 458. The first-order valence-corrected chi connectivity index (χ1v) is 5.68. The topological polar surface area (TPSA) is 84.3 Å². The highest BCUT2D eigenvalue weighted by Gasteiger charge is 2.11. The van der Waals surface area contributed by atoms with Crippen LogP contribution in [0.15, 0.2) is 18.2 Å². The van der Waals surface area contributed by atoms with Crippen molar-refractivity contribution in [1.82, 2.24) is 5.32 Å². The Hall–Kier alpha value is -2.11. The fourth-order valence-electron chi connectivity index (χ4n) is 1.47. The van der Waals surface area contributed by atoms with E-state index in [-0.39, 0.29) is 24.2 Å².